The van der Waals surface area contributed by atoms with Crippen LogP contribution in [0.2, 0.25) is 0 Å². The molecule has 6 nitrogen and oxygen atoms in total. The fraction of sp³-hybridized carbons (Fsp3) is 0.261. The number of hydrogen-bond donors (Lipinski definition) is 2. The molecule has 0 amide bonds. The van der Waals surface area contributed by atoms with Gasteiger partial charge in [0.25, 0.3) is 0 Å². The lowest BCUT2D eigenvalue weighted by Gasteiger charge is -2.15. The number of hydrogen-bond acceptors (Lipinski definition) is 6. The lowest BCUT2D eigenvalue weighted by molar-refractivity contribution is 0.552. The Morgan fingerprint density at radius 3 is 2.59 bits per heavy atom. The van der Waals surface area contributed by atoms with Crippen LogP contribution < -0.4 is 10.5 Å². The quantitative estimate of drug-likeness (QED) is 0.431. The van der Waals surface area contributed by atoms with Crippen LogP contribution in [0.1, 0.15) is 38.6 Å². The molecule has 178 valence electrons. The molecule has 0 bridgehead atoms. The molecule has 1 atom stereocenters. The van der Waals surface area contributed by atoms with E-state index in [1.807, 2.05) is 20.8 Å². The molecule has 0 radical (unpaired) electrons. The molecule has 1 aliphatic carbocycles. The second-order valence-electron chi connectivity index (χ2n) is 8.61. The first-order valence-corrected chi connectivity index (χ1v) is 12.3. The van der Waals surface area contributed by atoms with Crippen molar-refractivity contribution in [3.05, 3.63) is 63.9 Å². The minimum Gasteiger partial charge on any atom is -0.368 e. The summed E-state index contributed by atoms with van der Waals surface area (Å²) < 4.78 is 58.9. The van der Waals surface area contributed by atoms with Gasteiger partial charge in [-0.15, -0.1) is 11.3 Å². The predicted octanol–water partition coefficient (Wildman–Crippen LogP) is 6.19. The first kappa shape index (κ1) is 24.1. The number of nitrogens with one attached hydrogen (secondary N) is 1. The van der Waals surface area contributed by atoms with Crippen molar-refractivity contribution in [1.29, 1.82) is 0 Å². The van der Waals surface area contributed by atoms with Crippen molar-refractivity contribution in [3.8, 4) is 21.8 Å². The van der Waals surface area contributed by atoms with Crippen molar-refractivity contribution in [2.75, 3.05) is 10.5 Å². The van der Waals surface area contributed by atoms with Gasteiger partial charge >= 0.3 is 0 Å². The third-order valence-corrected chi connectivity index (χ3v) is 7.66. The molecule has 2 heterocycles. The van der Waals surface area contributed by atoms with Crippen molar-refractivity contribution in [2.45, 2.75) is 39.0 Å². The third kappa shape index (κ3) is 4.76. The third-order valence-electron chi connectivity index (χ3n) is 4.97. The van der Waals surface area contributed by atoms with Crippen LogP contribution in [0.15, 0.2) is 53.1 Å². The number of allylic oxidation sites excluding steroid dienone is 3. The Labute approximate surface area is 201 Å². The number of anilines is 2. The van der Waals surface area contributed by atoms with Gasteiger partial charge in [-0.05, 0) is 30.7 Å². The van der Waals surface area contributed by atoms with Crippen molar-refractivity contribution in [2.24, 2.45) is 0 Å². The number of rotatable bonds is 5. The number of aromatic nitrogens is 3. The van der Waals surface area contributed by atoms with Crippen molar-refractivity contribution in [3.63, 3.8) is 0 Å². The van der Waals surface area contributed by atoms with Crippen LogP contribution >= 0.6 is 11.3 Å². The zero-order valence-electron chi connectivity index (χ0n) is 18.7. The Balaban J connectivity index is 1.79. The Hall–Kier alpha value is -3.05. The summed E-state index contributed by atoms with van der Waals surface area (Å²) in [5.41, 5.74) is 6.19. The van der Waals surface area contributed by atoms with Crippen LogP contribution in [0, 0.1) is 5.82 Å². The molecule has 0 spiro atoms. The minimum absolute atomic E-state index is 0.0570. The first-order chi connectivity index (χ1) is 16.1. The topological polar surface area (TPSA) is 93.8 Å². The van der Waals surface area contributed by atoms with Crippen LogP contribution in [0.4, 0.5) is 24.8 Å². The number of nitrogen functional groups attached to an aromatic ring is 1. The molecule has 34 heavy (non-hydrogen) atoms. The van der Waals surface area contributed by atoms with Gasteiger partial charge in [-0.2, -0.15) is 0 Å². The second-order valence-corrected chi connectivity index (χ2v) is 10.8. The van der Waals surface area contributed by atoms with Crippen LogP contribution in [-0.2, 0) is 16.4 Å². The van der Waals surface area contributed by atoms with Gasteiger partial charge in [0.05, 0.1) is 27.0 Å². The smallest absolute Gasteiger partial charge is 0.220 e. The summed E-state index contributed by atoms with van der Waals surface area (Å²) in [7, 11) is -2.33. The summed E-state index contributed by atoms with van der Waals surface area (Å²) in [5.74, 6) is -2.42. The fourth-order valence-electron chi connectivity index (χ4n) is 3.29. The Morgan fingerprint density at radius 1 is 1.15 bits per heavy atom. The van der Waals surface area contributed by atoms with Crippen LogP contribution in [0.25, 0.3) is 21.8 Å². The highest BCUT2D eigenvalue weighted by Gasteiger charge is 2.27. The molecule has 3 aromatic rings. The summed E-state index contributed by atoms with van der Waals surface area (Å²) in [6.07, 6.45) is 2.79. The lowest BCUT2D eigenvalue weighted by atomic mass is 9.98. The Kier molecular flexibility index (Phi) is 6.59. The van der Waals surface area contributed by atoms with Gasteiger partial charge in [-0.25, -0.2) is 32.3 Å². The standard InChI is InChI=1S/C23H22F3N5OS2/c1-23(2,3)21-30-18(19(33-21)16-10-11-28-22(27)29-16)12-6-4-9-15(17(12)26)31-34(32)20-13(24)7-5-8-14(20)25/h4,6-7,9-11,31H,5,8H2,1-3H3,(H2,27,28,29). The van der Waals surface area contributed by atoms with E-state index in [-0.39, 0.29) is 35.5 Å². The number of nitrogens with two attached hydrogens (primary N) is 1. The number of benzene rings is 1. The van der Waals surface area contributed by atoms with E-state index in [1.165, 1.54) is 29.7 Å². The molecule has 1 unspecified atom stereocenters. The maximum atomic E-state index is 15.7. The summed E-state index contributed by atoms with van der Waals surface area (Å²) in [6, 6.07) is 6.07. The van der Waals surface area contributed by atoms with Crippen LogP contribution in [-0.4, -0.2) is 19.2 Å². The van der Waals surface area contributed by atoms with E-state index in [1.54, 1.807) is 12.1 Å². The zero-order chi connectivity index (χ0) is 24.6. The fourth-order valence-corrected chi connectivity index (χ4v) is 5.42. The van der Waals surface area contributed by atoms with E-state index in [0.29, 0.717) is 16.3 Å². The summed E-state index contributed by atoms with van der Waals surface area (Å²) in [5, 5.41) is 0.748. The Bertz CT molecular complexity index is 1340. The molecule has 11 heteroatoms. The Morgan fingerprint density at radius 2 is 1.91 bits per heavy atom. The van der Waals surface area contributed by atoms with Crippen molar-refractivity contribution in [1.82, 2.24) is 15.0 Å². The largest absolute Gasteiger partial charge is 0.368 e. The molecule has 2 aromatic heterocycles. The molecule has 0 saturated carbocycles. The molecule has 1 aliphatic rings. The predicted molar refractivity (Wildman–Crippen MR) is 130 cm³/mol. The lowest BCUT2D eigenvalue weighted by Crippen LogP contribution is -2.12. The maximum absolute atomic E-state index is 15.7. The number of halogens is 3. The summed E-state index contributed by atoms with van der Waals surface area (Å²) in [6.45, 7) is 5.96. The highest BCUT2D eigenvalue weighted by atomic mass is 32.2. The number of thiazole rings is 1. The van der Waals surface area contributed by atoms with E-state index in [2.05, 4.69) is 19.7 Å². The van der Waals surface area contributed by atoms with Crippen LogP contribution in [0.3, 0.4) is 0 Å². The zero-order valence-corrected chi connectivity index (χ0v) is 20.3. The molecule has 3 N–H and O–H groups in total. The highest BCUT2D eigenvalue weighted by molar-refractivity contribution is 7.90. The van der Waals surface area contributed by atoms with Crippen molar-refractivity contribution >= 4 is 34.0 Å². The van der Waals surface area contributed by atoms with Gasteiger partial charge in [-0.1, -0.05) is 26.8 Å². The molecular formula is C23H22F3N5OS2. The van der Waals surface area contributed by atoms with Gasteiger partial charge in [0.1, 0.15) is 16.6 Å². The SMILES string of the molecule is CC(C)(C)c1nc(-c2cccc(NS(=O)C3=C(F)CCC=C3F)c2F)c(-c2ccnc(N)n2)s1. The van der Waals surface area contributed by atoms with Gasteiger partial charge in [0, 0.05) is 23.6 Å². The summed E-state index contributed by atoms with van der Waals surface area (Å²) in [4.78, 5) is 12.8. The van der Waals surface area contributed by atoms with Gasteiger partial charge in [0.2, 0.25) is 5.95 Å². The normalized spacial score (nSPS) is 15.3. The van der Waals surface area contributed by atoms with E-state index in [9.17, 15) is 13.0 Å². The van der Waals surface area contributed by atoms with Gasteiger partial charge in [0.15, 0.2) is 16.8 Å². The van der Waals surface area contributed by atoms with E-state index >= 15 is 4.39 Å². The van der Waals surface area contributed by atoms with Gasteiger partial charge < -0.3 is 5.73 Å². The molecular weight excluding hydrogens is 483 g/mol. The maximum Gasteiger partial charge on any atom is 0.220 e. The van der Waals surface area contributed by atoms with E-state index < -0.39 is 33.4 Å². The van der Waals surface area contributed by atoms with Gasteiger partial charge in [-0.3, -0.25) is 4.72 Å². The molecule has 4 rings (SSSR count). The molecule has 0 fully saturated rings. The molecule has 0 aliphatic heterocycles. The first-order valence-electron chi connectivity index (χ1n) is 10.4. The number of nitrogens with zero attached hydrogens (tertiary/aromatic N) is 3. The molecule has 0 saturated heterocycles. The van der Waals surface area contributed by atoms with E-state index in [4.69, 9.17) is 5.73 Å². The highest BCUT2D eigenvalue weighted by Crippen LogP contribution is 2.42. The van der Waals surface area contributed by atoms with Crippen molar-refractivity contribution < 1.29 is 17.4 Å². The second kappa shape index (κ2) is 9.30. The summed E-state index contributed by atoms with van der Waals surface area (Å²) >= 11 is 1.36. The average molecular weight is 506 g/mol. The monoisotopic (exact) mass is 505 g/mol. The van der Waals surface area contributed by atoms with E-state index in [0.717, 1.165) is 11.1 Å². The molecule has 1 aromatic carbocycles. The minimum atomic E-state index is -2.33. The average Bonchev–Trinajstić information content (AvgIpc) is 3.21. The van der Waals surface area contributed by atoms with Crippen LogP contribution in [0.5, 0.6) is 0 Å².